The number of anilines is 1. The normalized spacial score (nSPS) is 12.4. The molecule has 0 heterocycles. The van der Waals surface area contributed by atoms with Gasteiger partial charge < -0.3 is 19.7 Å². The Balaban J connectivity index is 1.85. The Morgan fingerprint density at radius 3 is 2.19 bits per heavy atom. The number of para-hydroxylation sites is 2. The highest BCUT2D eigenvalue weighted by Crippen LogP contribution is 2.33. The van der Waals surface area contributed by atoms with E-state index in [0.717, 1.165) is 21.0 Å². The third kappa shape index (κ3) is 9.16. The summed E-state index contributed by atoms with van der Waals surface area (Å²) < 4.78 is 41.1. The Bertz CT molecular complexity index is 1760. The summed E-state index contributed by atoms with van der Waals surface area (Å²) in [6.45, 7) is 7.31. The molecule has 10 heteroatoms. The molecule has 0 saturated carbocycles. The van der Waals surface area contributed by atoms with Gasteiger partial charge in [-0.05, 0) is 74.7 Å². The van der Waals surface area contributed by atoms with Crippen LogP contribution in [0, 0.1) is 6.92 Å². The molecule has 0 saturated heterocycles. The van der Waals surface area contributed by atoms with Gasteiger partial charge in [-0.3, -0.25) is 13.9 Å². The van der Waals surface area contributed by atoms with Gasteiger partial charge in [-0.1, -0.05) is 79.2 Å². The maximum Gasteiger partial charge on any atom is 0.264 e. The molecular formula is C38H45N3O6S. The Kier molecular flexibility index (Phi) is 12.6. The highest BCUT2D eigenvalue weighted by molar-refractivity contribution is 7.92. The molecule has 0 radical (unpaired) electrons. The minimum absolute atomic E-state index is 0.0295. The van der Waals surface area contributed by atoms with Crippen molar-refractivity contribution >= 4 is 27.5 Å². The van der Waals surface area contributed by atoms with E-state index in [4.69, 9.17) is 9.47 Å². The second kappa shape index (κ2) is 16.8. The minimum Gasteiger partial charge on any atom is -0.497 e. The molecule has 48 heavy (non-hydrogen) atoms. The highest BCUT2D eigenvalue weighted by Gasteiger charge is 2.36. The second-order valence-corrected chi connectivity index (χ2v) is 13.5. The molecule has 0 spiro atoms. The molecule has 4 aromatic carbocycles. The van der Waals surface area contributed by atoms with Crippen LogP contribution < -0.4 is 19.1 Å². The minimum atomic E-state index is -4.27. The van der Waals surface area contributed by atoms with Crippen LogP contribution in [0.15, 0.2) is 108 Å². The van der Waals surface area contributed by atoms with E-state index in [1.807, 2.05) is 63.2 Å². The molecule has 2 amide bonds. The van der Waals surface area contributed by atoms with Crippen molar-refractivity contribution in [1.82, 2.24) is 10.2 Å². The lowest BCUT2D eigenvalue weighted by Gasteiger charge is -2.34. The first-order valence-electron chi connectivity index (χ1n) is 16.1. The number of methoxy groups -OCH3 is 1. The van der Waals surface area contributed by atoms with Crippen LogP contribution in [0.1, 0.15) is 43.9 Å². The van der Waals surface area contributed by atoms with Crippen LogP contribution in [0.2, 0.25) is 0 Å². The van der Waals surface area contributed by atoms with Crippen molar-refractivity contribution in [2.24, 2.45) is 0 Å². The zero-order valence-electron chi connectivity index (χ0n) is 28.3. The third-order valence-corrected chi connectivity index (χ3v) is 9.85. The molecule has 0 fully saturated rings. The van der Waals surface area contributed by atoms with Crippen LogP contribution in [0.4, 0.5) is 5.69 Å². The Morgan fingerprint density at radius 1 is 0.854 bits per heavy atom. The topological polar surface area (TPSA) is 105 Å². The van der Waals surface area contributed by atoms with E-state index in [9.17, 15) is 18.0 Å². The zero-order valence-corrected chi connectivity index (χ0v) is 29.1. The van der Waals surface area contributed by atoms with Crippen LogP contribution >= 0.6 is 0 Å². The highest BCUT2D eigenvalue weighted by atomic mass is 32.2. The van der Waals surface area contributed by atoms with E-state index in [1.54, 1.807) is 62.6 Å². The zero-order chi connectivity index (χ0) is 34.7. The molecule has 0 aromatic heterocycles. The number of amides is 2. The largest absolute Gasteiger partial charge is 0.497 e. The predicted octanol–water partition coefficient (Wildman–Crippen LogP) is 6.15. The second-order valence-electron chi connectivity index (χ2n) is 11.6. The molecule has 9 nitrogen and oxygen atoms in total. The van der Waals surface area contributed by atoms with E-state index in [1.165, 1.54) is 17.0 Å². The number of rotatable bonds is 16. The quantitative estimate of drug-likeness (QED) is 0.153. The van der Waals surface area contributed by atoms with Crippen molar-refractivity contribution in [1.29, 1.82) is 0 Å². The van der Waals surface area contributed by atoms with Gasteiger partial charge in [-0.25, -0.2) is 8.42 Å². The first kappa shape index (κ1) is 36.0. The number of carbonyl (C=O) groups is 2. The van der Waals surface area contributed by atoms with Gasteiger partial charge in [-0.2, -0.15) is 0 Å². The number of carbonyl (C=O) groups excluding carboxylic acids is 2. The fraction of sp³-hybridized carbons (Fsp3) is 0.316. The van der Waals surface area contributed by atoms with Crippen molar-refractivity contribution < 1.29 is 27.5 Å². The Morgan fingerprint density at radius 2 is 1.52 bits per heavy atom. The maximum atomic E-state index is 14.7. The van der Waals surface area contributed by atoms with Crippen molar-refractivity contribution in [2.45, 2.75) is 64.1 Å². The summed E-state index contributed by atoms with van der Waals surface area (Å²) in [6, 6.07) is 28.9. The summed E-state index contributed by atoms with van der Waals surface area (Å²) in [5.41, 5.74) is 2.70. The van der Waals surface area contributed by atoms with E-state index < -0.39 is 28.5 Å². The molecule has 0 aliphatic heterocycles. The number of benzene rings is 4. The summed E-state index contributed by atoms with van der Waals surface area (Å²) >= 11 is 0. The van der Waals surface area contributed by atoms with E-state index in [0.29, 0.717) is 24.5 Å². The SMILES string of the molecule is CCOc1ccccc1N(CC(=O)N(Cc1cccc(OC)c1)[C@@H](Cc1ccccc1)C(=O)N[C@@H](C)CC)S(=O)(=O)c1ccc(C)cc1. The Labute approximate surface area is 284 Å². The van der Waals surface area contributed by atoms with Gasteiger partial charge in [0.1, 0.15) is 24.1 Å². The molecule has 4 aromatic rings. The fourth-order valence-electron chi connectivity index (χ4n) is 5.25. The first-order valence-corrected chi connectivity index (χ1v) is 17.6. The van der Waals surface area contributed by atoms with Crippen molar-refractivity contribution in [2.75, 3.05) is 24.6 Å². The number of ether oxygens (including phenoxy) is 2. The predicted molar refractivity (Wildman–Crippen MR) is 189 cm³/mol. The number of hydrogen-bond acceptors (Lipinski definition) is 6. The average molecular weight is 672 g/mol. The van der Waals surface area contributed by atoms with Crippen LogP contribution in [-0.4, -0.2) is 57.5 Å². The van der Waals surface area contributed by atoms with Crippen LogP contribution in [0.5, 0.6) is 11.5 Å². The van der Waals surface area contributed by atoms with Gasteiger partial charge in [0.15, 0.2) is 0 Å². The summed E-state index contributed by atoms with van der Waals surface area (Å²) in [7, 11) is -2.71. The molecule has 254 valence electrons. The standard InChI is InChI=1S/C38H45N3O6S/c1-6-29(4)39-38(43)35(25-30-14-9-8-10-15-30)40(26-31-16-13-17-32(24-31)46-5)37(42)27-41(34-18-11-12-19-36(34)47-7-2)48(44,45)33-22-20-28(3)21-23-33/h8-24,29,35H,6-7,25-27H2,1-5H3,(H,39,43)/t29-,35-/m0/s1. The molecule has 0 bridgehead atoms. The fourth-order valence-corrected chi connectivity index (χ4v) is 6.68. The number of nitrogens with zero attached hydrogens (tertiary/aromatic N) is 2. The Hall–Kier alpha value is -4.83. The van der Waals surface area contributed by atoms with Gasteiger partial charge in [0.25, 0.3) is 10.0 Å². The lowest BCUT2D eigenvalue weighted by atomic mass is 10.0. The van der Waals surface area contributed by atoms with Gasteiger partial charge in [0.05, 0.1) is 24.3 Å². The lowest BCUT2D eigenvalue weighted by molar-refractivity contribution is -0.140. The van der Waals surface area contributed by atoms with Crippen LogP contribution in [0.25, 0.3) is 0 Å². The third-order valence-electron chi connectivity index (χ3n) is 8.08. The van der Waals surface area contributed by atoms with Crippen LogP contribution in [-0.2, 0) is 32.6 Å². The lowest BCUT2D eigenvalue weighted by Crippen LogP contribution is -2.54. The molecule has 4 rings (SSSR count). The van der Waals surface area contributed by atoms with E-state index in [-0.39, 0.29) is 35.5 Å². The maximum absolute atomic E-state index is 14.7. The number of hydrogen-bond donors (Lipinski definition) is 1. The first-order chi connectivity index (χ1) is 23.1. The molecular weight excluding hydrogens is 627 g/mol. The molecule has 2 atom stereocenters. The average Bonchev–Trinajstić information content (AvgIpc) is 3.09. The monoisotopic (exact) mass is 671 g/mol. The smallest absolute Gasteiger partial charge is 0.264 e. The number of sulfonamides is 1. The summed E-state index contributed by atoms with van der Waals surface area (Å²) in [4.78, 5) is 30.3. The summed E-state index contributed by atoms with van der Waals surface area (Å²) in [5.74, 6) is 0.0307. The van der Waals surface area contributed by atoms with Gasteiger partial charge in [0, 0.05) is 19.0 Å². The van der Waals surface area contributed by atoms with Gasteiger partial charge in [0.2, 0.25) is 11.8 Å². The van der Waals surface area contributed by atoms with Gasteiger partial charge in [-0.15, -0.1) is 0 Å². The molecule has 0 aliphatic carbocycles. The van der Waals surface area contributed by atoms with Crippen molar-refractivity contribution in [3.05, 3.63) is 120 Å². The van der Waals surface area contributed by atoms with E-state index >= 15 is 0 Å². The molecule has 0 aliphatic rings. The van der Waals surface area contributed by atoms with Crippen molar-refractivity contribution in [3.63, 3.8) is 0 Å². The van der Waals surface area contributed by atoms with Crippen molar-refractivity contribution in [3.8, 4) is 11.5 Å². The summed E-state index contributed by atoms with van der Waals surface area (Å²) in [5, 5.41) is 3.06. The molecule has 0 unspecified atom stereocenters. The number of nitrogens with one attached hydrogen (secondary N) is 1. The summed E-state index contributed by atoms with van der Waals surface area (Å²) in [6.07, 6.45) is 0.920. The number of aryl methyl sites for hydroxylation is 1. The molecule has 1 N–H and O–H groups in total. The van der Waals surface area contributed by atoms with E-state index in [2.05, 4.69) is 5.32 Å². The van der Waals surface area contributed by atoms with Crippen LogP contribution in [0.3, 0.4) is 0 Å². The van der Waals surface area contributed by atoms with Gasteiger partial charge >= 0.3 is 0 Å².